The van der Waals surface area contributed by atoms with Gasteiger partial charge in [-0.25, -0.2) is 0 Å². The van der Waals surface area contributed by atoms with E-state index >= 15 is 0 Å². The molecular weight excluding hydrogens is 217 g/mol. The van der Waals surface area contributed by atoms with Crippen molar-refractivity contribution in [2.75, 3.05) is 26.2 Å². The smallest absolute Gasteiger partial charge is 0.314 e. The van der Waals surface area contributed by atoms with Crippen LogP contribution in [-0.2, 0) is 0 Å². The van der Waals surface area contributed by atoms with Gasteiger partial charge in [-0.3, -0.25) is 4.90 Å². The summed E-state index contributed by atoms with van der Waals surface area (Å²) < 4.78 is 36.4. The van der Waals surface area contributed by atoms with E-state index in [4.69, 9.17) is 0 Å². The molecule has 5 heteroatoms. The molecule has 0 unspecified atom stereocenters. The summed E-state index contributed by atoms with van der Waals surface area (Å²) in [7, 11) is 0. The second-order valence-electron chi connectivity index (χ2n) is 5.02. The zero-order valence-electron chi connectivity index (χ0n) is 9.39. The summed E-state index contributed by atoms with van der Waals surface area (Å²) in [6.45, 7) is 1.45. The molecule has 2 rings (SSSR count). The van der Waals surface area contributed by atoms with Gasteiger partial charge in [0.2, 0.25) is 0 Å². The lowest BCUT2D eigenvalue weighted by molar-refractivity contribution is -0.148. The van der Waals surface area contributed by atoms with E-state index in [0.717, 1.165) is 25.3 Å². The molecule has 1 aliphatic heterocycles. The maximum absolute atomic E-state index is 12.1. The van der Waals surface area contributed by atoms with E-state index in [1.807, 2.05) is 0 Å². The first-order valence-electron chi connectivity index (χ1n) is 6.05. The quantitative estimate of drug-likeness (QED) is 0.803. The molecule has 2 fully saturated rings. The fourth-order valence-corrected chi connectivity index (χ4v) is 2.20. The molecule has 1 heterocycles. The summed E-state index contributed by atoms with van der Waals surface area (Å²) >= 11 is 0. The van der Waals surface area contributed by atoms with Crippen LogP contribution in [0.2, 0.25) is 0 Å². The van der Waals surface area contributed by atoms with Gasteiger partial charge in [-0.2, -0.15) is 13.2 Å². The molecule has 1 N–H and O–H groups in total. The Morgan fingerprint density at radius 2 is 1.69 bits per heavy atom. The molecule has 1 aliphatic carbocycles. The lowest BCUT2D eigenvalue weighted by Crippen LogP contribution is -2.45. The number of halogens is 3. The molecule has 0 atom stereocenters. The number of hydrogen-bond donors (Lipinski definition) is 1. The van der Waals surface area contributed by atoms with E-state index in [2.05, 4.69) is 5.32 Å². The third-order valence-electron chi connectivity index (χ3n) is 3.38. The molecule has 0 bridgehead atoms. The van der Waals surface area contributed by atoms with E-state index in [9.17, 15) is 13.2 Å². The molecule has 0 amide bonds. The lowest BCUT2D eigenvalue weighted by atomic mass is 10.0. The van der Waals surface area contributed by atoms with Crippen LogP contribution in [0.25, 0.3) is 0 Å². The van der Waals surface area contributed by atoms with E-state index < -0.39 is 12.7 Å². The molecule has 0 aromatic heterocycles. The van der Waals surface area contributed by atoms with Crippen LogP contribution < -0.4 is 5.32 Å². The van der Waals surface area contributed by atoms with E-state index in [-0.39, 0.29) is 0 Å². The minimum Gasteiger partial charge on any atom is -0.314 e. The highest BCUT2D eigenvalue weighted by Gasteiger charge is 2.32. The predicted octanol–water partition coefficient (Wildman–Crippen LogP) is 2.01. The molecule has 1 saturated heterocycles. The van der Waals surface area contributed by atoms with Gasteiger partial charge in [0.15, 0.2) is 0 Å². The number of alkyl halides is 3. The summed E-state index contributed by atoms with van der Waals surface area (Å²) in [6.07, 6.45) is 0.291. The summed E-state index contributed by atoms with van der Waals surface area (Å²) in [4.78, 5) is 1.51. The molecule has 0 aromatic carbocycles. The molecule has 2 aliphatic rings. The Bertz CT molecular complexity index is 218. The summed E-state index contributed by atoms with van der Waals surface area (Å²) in [5.74, 6) is 0.841. The Labute approximate surface area is 94.2 Å². The Morgan fingerprint density at radius 1 is 1.06 bits per heavy atom. The van der Waals surface area contributed by atoms with Crippen LogP contribution in [0.1, 0.15) is 25.7 Å². The van der Waals surface area contributed by atoms with Gasteiger partial charge in [-0.05, 0) is 51.2 Å². The predicted molar refractivity (Wildman–Crippen MR) is 56.2 cm³/mol. The molecule has 16 heavy (non-hydrogen) atoms. The molecule has 2 nitrogen and oxygen atoms in total. The van der Waals surface area contributed by atoms with Crippen molar-refractivity contribution in [3.05, 3.63) is 0 Å². The van der Waals surface area contributed by atoms with Gasteiger partial charge in [0, 0.05) is 6.04 Å². The zero-order chi connectivity index (χ0) is 11.6. The summed E-state index contributed by atoms with van der Waals surface area (Å²) in [6, 6.07) is 0.435. The normalized spacial score (nSPS) is 24.9. The molecule has 1 saturated carbocycles. The van der Waals surface area contributed by atoms with Crippen molar-refractivity contribution < 1.29 is 13.2 Å². The van der Waals surface area contributed by atoms with E-state index in [1.54, 1.807) is 0 Å². The van der Waals surface area contributed by atoms with Crippen LogP contribution in [0.4, 0.5) is 13.2 Å². The van der Waals surface area contributed by atoms with Crippen LogP contribution in [0.15, 0.2) is 0 Å². The fraction of sp³-hybridized carbons (Fsp3) is 1.00. The number of nitrogens with one attached hydrogen (secondary N) is 1. The lowest BCUT2D eigenvalue weighted by Gasteiger charge is -2.32. The molecular formula is C11H19F3N2. The van der Waals surface area contributed by atoms with Crippen molar-refractivity contribution in [2.45, 2.75) is 37.9 Å². The number of piperidine rings is 1. The number of rotatable bonds is 4. The molecule has 0 aromatic rings. The van der Waals surface area contributed by atoms with Crippen LogP contribution in [0.5, 0.6) is 0 Å². The van der Waals surface area contributed by atoms with Gasteiger partial charge in [-0.15, -0.1) is 0 Å². The van der Waals surface area contributed by atoms with Crippen LogP contribution in [0.3, 0.4) is 0 Å². The Kier molecular flexibility index (Phi) is 3.74. The standard InChI is InChI=1S/C11H19F3N2/c12-11(13,14)8-16-5-3-10(4-6-16)15-7-9-1-2-9/h9-10,15H,1-8H2. The summed E-state index contributed by atoms with van der Waals surface area (Å²) in [5, 5.41) is 3.46. The topological polar surface area (TPSA) is 15.3 Å². The second-order valence-corrected chi connectivity index (χ2v) is 5.02. The zero-order valence-corrected chi connectivity index (χ0v) is 9.39. The fourth-order valence-electron chi connectivity index (χ4n) is 2.20. The van der Waals surface area contributed by atoms with Gasteiger partial charge in [-0.1, -0.05) is 0 Å². The maximum Gasteiger partial charge on any atom is 0.401 e. The van der Waals surface area contributed by atoms with E-state index in [1.165, 1.54) is 17.7 Å². The first-order valence-corrected chi connectivity index (χ1v) is 6.05. The largest absolute Gasteiger partial charge is 0.401 e. The molecule has 0 radical (unpaired) electrons. The minimum atomic E-state index is -4.05. The van der Waals surface area contributed by atoms with Crippen LogP contribution in [0, 0.1) is 5.92 Å². The van der Waals surface area contributed by atoms with Gasteiger partial charge in [0.05, 0.1) is 6.54 Å². The van der Waals surface area contributed by atoms with Gasteiger partial charge >= 0.3 is 6.18 Å². The second kappa shape index (κ2) is 4.92. The van der Waals surface area contributed by atoms with Crippen molar-refractivity contribution in [1.29, 1.82) is 0 Å². The van der Waals surface area contributed by atoms with Crippen LogP contribution >= 0.6 is 0 Å². The number of nitrogens with zero attached hydrogens (tertiary/aromatic N) is 1. The van der Waals surface area contributed by atoms with Crippen molar-refractivity contribution in [3.63, 3.8) is 0 Å². The first kappa shape index (κ1) is 12.2. The van der Waals surface area contributed by atoms with Gasteiger partial charge < -0.3 is 5.32 Å². The van der Waals surface area contributed by atoms with Gasteiger partial charge in [0.1, 0.15) is 0 Å². The molecule has 0 spiro atoms. The Balaban J connectivity index is 1.61. The highest BCUT2D eigenvalue weighted by molar-refractivity contribution is 4.82. The SMILES string of the molecule is FC(F)(F)CN1CCC(NCC2CC2)CC1. The third kappa shape index (κ3) is 4.29. The third-order valence-corrected chi connectivity index (χ3v) is 3.38. The average Bonchev–Trinajstić information content (AvgIpc) is 2.98. The number of hydrogen-bond acceptors (Lipinski definition) is 2. The monoisotopic (exact) mass is 236 g/mol. The average molecular weight is 236 g/mol. The van der Waals surface area contributed by atoms with Gasteiger partial charge in [0.25, 0.3) is 0 Å². The number of likely N-dealkylation sites (tertiary alicyclic amines) is 1. The highest BCUT2D eigenvalue weighted by Crippen LogP contribution is 2.28. The van der Waals surface area contributed by atoms with Crippen LogP contribution in [-0.4, -0.2) is 43.3 Å². The highest BCUT2D eigenvalue weighted by atomic mass is 19.4. The Hall–Kier alpha value is -0.290. The first-order chi connectivity index (χ1) is 7.53. The van der Waals surface area contributed by atoms with Crippen molar-refractivity contribution in [3.8, 4) is 0 Å². The van der Waals surface area contributed by atoms with E-state index in [0.29, 0.717) is 19.1 Å². The van der Waals surface area contributed by atoms with Crippen molar-refractivity contribution >= 4 is 0 Å². The molecule has 94 valence electrons. The Morgan fingerprint density at radius 3 is 2.19 bits per heavy atom. The van der Waals surface area contributed by atoms with Crippen molar-refractivity contribution in [1.82, 2.24) is 10.2 Å². The maximum atomic E-state index is 12.1. The summed E-state index contributed by atoms with van der Waals surface area (Å²) in [5.41, 5.74) is 0. The minimum absolute atomic E-state index is 0.435. The van der Waals surface area contributed by atoms with Crippen molar-refractivity contribution in [2.24, 2.45) is 5.92 Å².